The van der Waals surface area contributed by atoms with Gasteiger partial charge in [0, 0.05) is 23.0 Å². The molecular weight excluding hydrogens is 547 g/mol. The molecule has 4 atom stereocenters. The largest absolute Gasteiger partial charge is 0.508 e. The van der Waals surface area contributed by atoms with Crippen LogP contribution in [0.15, 0.2) is 83.9 Å². The number of phenolic OH excluding ortho intramolecular Hbond substituents is 1. The summed E-state index contributed by atoms with van der Waals surface area (Å²) >= 11 is 6.47. The van der Waals surface area contributed by atoms with Gasteiger partial charge in [-0.1, -0.05) is 85.1 Å². The van der Waals surface area contributed by atoms with Crippen molar-refractivity contribution in [2.75, 3.05) is 0 Å². The minimum Gasteiger partial charge on any atom is -0.508 e. The van der Waals surface area contributed by atoms with Gasteiger partial charge in [-0.3, -0.25) is 9.59 Å². The number of benzene rings is 3. The van der Waals surface area contributed by atoms with Crippen LogP contribution in [0.1, 0.15) is 70.9 Å². The van der Waals surface area contributed by atoms with Crippen LogP contribution in [-0.4, -0.2) is 34.9 Å². The van der Waals surface area contributed by atoms with Crippen molar-refractivity contribution in [1.29, 1.82) is 0 Å². The maximum atomic E-state index is 13.9. The lowest BCUT2D eigenvalue weighted by Gasteiger charge is -2.47. The van der Waals surface area contributed by atoms with Crippen molar-refractivity contribution >= 4 is 41.9 Å². The molecule has 42 heavy (non-hydrogen) atoms. The van der Waals surface area contributed by atoms with Crippen LogP contribution in [0.5, 0.6) is 5.75 Å². The Hall–Kier alpha value is -3.45. The molecule has 0 spiro atoms. The Morgan fingerprint density at radius 2 is 1.71 bits per heavy atom. The van der Waals surface area contributed by atoms with Crippen molar-refractivity contribution in [2.45, 2.75) is 51.5 Å². The molecule has 5 nitrogen and oxygen atoms in total. The number of Topliss-reactive ketones (excluding diaryl/α,β-unsaturated/α-hetero) is 2. The summed E-state index contributed by atoms with van der Waals surface area (Å²) in [5, 5.41) is 21.3. The molecule has 1 fully saturated rings. The average Bonchev–Trinajstić information content (AvgIpc) is 2.99. The highest BCUT2D eigenvalue weighted by Gasteiger charge is 2.53. The smallest absolute Gasteiger partial charge is 0.455 e. The number of fused-ring (bicyclic) bond motifs is 4. The molecule has 3 aromatic rings. The lowest BCUT2D eigenvalue weighted by molar-refractivity contribution is 0.0599. The number of halogens is 1. The first kappa shape index (κ1) is 28.7. The number of aromatic hydroxyl groups is 1. The quantitative estimate of drug-likeness (QED) is 0.170. The molecule has 7 heteroatoms. The van der Waals surface area contributed by atoms with E-state index in [1.54, 1.807) is 24.3 Å². The van der Waals surface area contributed by atoms with Crippen LogP contribution in [-0.2, 0) is 4.65 Å². The topological polar surface area (TPSA) is 83.8 Å². The van der Waals surface area contributed by atoms with Crippen LogP contribution < -0.4 is 0 Å². The van der Waals surface area contributed by atoms with Gasteiger partial charge in [0.2, 0.25) is 0 Å². The third kappa shape index (κ3) is 5.39. The first-order chi connectivity index (χ1) is 20.4. The summed E-state index contributed by atoms with van der Waals surface area (Å²) < 4.78 is 6.23. The second-order valence-corrected chi connectivity index (χ2v) is 12.0. The fourth-order valence-electron chi connectivity index (χ4n) is 7.27. The van der Waals surface area contributed by atoms with Crippen LogP contribution in [0.25, 0.3) is 11.6 Å². The zero-order valence-electron chi connectivity index (χ0n) is 23.6. The first-order valence-electron chi connectivity index (χ1n) is 14.8. The van der Waals surface area contributed by atoms with E-state index < -0.39 is 19.0 Å². The van der Waals surface area contributed by atoms with E-state index in [0.717, 1.165) is 35.1 Å². The molecule has 214 valence electrons. The van der Waals surface area contributed by atoms with Gasteiger partial charge in [-0.15, -0.1) is 0 Å². The summed E-state index contributed by atoms with van der Waals surface area (Å²) in [4.78, 5) is 27.6. The molecule has 1 heterocycles. The van der Waals surface area contributed by atoms with Crippen molar-refractivity contribution in [3.63, 3.8) is 0 Å². The fourth-order valence-corrected chi connectivity index (χ4v) is 7.50. The van der Waals surface area contributed by atoms with Crippen LogP contribution in [0.3, 0.4) is 0 Å². The third-order valence-electron chi connectivity index (χ3n) is 9.05. The monoisotopic (exact) mass is 580 g/mol. The van der Waals surface area contributed by atoms with Gasteiger partial charge in [0.15, 0.2) is 11.6 Å². The summed E-state index contributed by atoms with van der Waals surface area (Å²) in [6.45, 7) is 2.13. The third-order valence-corrected chi connectivity index (χ3v) is 9.38. The lowest BCUT2D eigenvalue weighted by Crippen LogP contribution is -2.50. The molecule has 0 aromatic heterocycles. The molecule has 1 saturated heterocycles. The van der Waals surface area contributed by atoms with E-state index in [0.29, 0.717) is 41.7 Å². The van der Waals surface area contributed by atoms with Gasteiger partial charge < -0.3 is 14.8 Å². The predicted molar refractivity (Wildman–Crippen MR) is 166 cm³/mol. The van der Waals surface area contributed by atoms with Crippen molar-refractivity contribution in [3.05, 3.63) is 111 Å². The van der Waals surface area contributed by atoms with Gasteiger partial charge in [0.25, 0.3) is 0 Å². The Morgan fingerprint density at radius 3 is 2.43 bits per heavy atom. The second-order valence-electron chi connectivity index (χ2n) is 11.6. The maximum Gasteiger partial charge on any atom is 0.455 e. The van der Waals surface area contributed by atoms with E-state index in [4.69, 9.17) is 16.3 Å². The highest BCUT2D eigenvalue weighted by molar-refractivity contribution is 6.43. The summed E-state index contributed by atoms with van der Waals surface area (Å²) in [5.74, 6) is -0.958. The van der Waals surface area contributed by atoms with E-state index in [9.17, 15) is 19.7 Å². The molecule has 2 N–H and O–H groups in total. The molecule has 0 bridgehead atoms. The van der Waals surface area contributed by atoms with Gasteiger partial charge >= 0.3 is 7.12 Å². The van der Waals surface area contributed by atoms with Crippen LogP contribution in [0.2, 0.25) is 11.3 Å². The van der Waals surface area contributed by atoms with E-state index in [-0.39, 0.29) is 29.3 Å². The Bertz CT molecular complexity index is 1580. The molecule has 0 saturated carbocycles. The molecule has 0 radical (unpaired) electrons. The normalized spacial score (nSPS) is 23.9. The molecule has 1 aliphatic heterocycles. The summed E-state index contributed by atoms with van der Waals surface area (Å²) in [7, 11) is -1.01. The minimum absolute atomic E-state index is 0.00735. The van der Waals surface area contributed by atoms with Gasteiger partial charge in [0.05, 0.1) is 11.1 Å². The number of hydrogen-bond donors (Lipinski definition) is 2. The number of hydrogen-bond acceptors (Lipinski definition) is 5. The molecule has 3 aliphatic rings. The molecular formula is C35H34BClO5. The molecule has 0 amide bonds. The maximum absolute atomic E-state index is 13.9. The highest BCUT2D eigenvalue weighted by atomic mass is 35.5. The van der Waals surface area contributed by atoms with Crippen LogP contribution >= 0.6 is 11.6 Å². The predicted octanol–water partition coefficient (Wildman–Crippen LogP) is 7.67. The number of phenols is 1. The summed E-state index contributed by atoms with van der Waals surface area (Å²) in [5.41, 5.74) is 6.23. The Morgan fingerprint density at radius 1 is 1.00 bits per heavy atom. The van der Waals surface area contributed by atoms with E-state index in [1.165, 1.54) is 11.6 Å². The minimum atomic E-state index is -1.01. The number of rotatable bonds is 7. The summed E-state index contributed by atoms with van der Waals surface area (Å²) in [6, 6.07) is 22.2. The first-order valence-corrected chi connectivity index (χ1v) is 15.2. The highest BCUT2D eigenvalue weighted by Crippen LogP contribution is 2.51. The second kappa shape index (κ2) is 12.0. The van der Waals surface area contributed by atoms with Gasteiger partial charge in [0.1, 0.15) is 5.75 Å². The van der Waals surface area contributed by atoms with Crippen molar-refractivity contribution in [3.8, 4) is 5.75 Å². The zero-order chi connectivity index (χ0) is 29.4. The molecule has 6 rings (SSSR count). The van der Waals surface area contributed by atoms with E-state index in [1.807, 2.05) is 36.4 Å². The number of ketones is 2. The van der Waals surface area contributed by atoms with E-state index in [2.05, 4.69) is 19.1 Å². The van der Waals surface area contributed by atoms with Gasteiger partial charge in [-0.25, -0.2) is 0 Å². The lowest BCUT2D eigenvalue weighted by atomic mass is 9.54. The number of allylic oxidation sites excluding steroid dienone is 2. The SMILES string of the molecule is CCCC1=C2[C@@H](CC/C(=C/c3ccc(O)cc3Cl)c3ccccc3)OB(O)C[C@@H]2[C@@H]2C(=O)c3ccccc3C(=O)[C@@H]2C1. The van der Waals surface area contributed by atoms with Crippen molar-refractivity contribution in [2.24, 2.45) is 17.8 Å². The molecule has 3 aromatic carbocycles. The fraction of sp³-hybridized carbons (Fsp3) is 0.314. The Labute approximate surface area is 252 Å². The van der Waals surface area contributed by atoms with Gasteiger partial charge in [-0.2, -0.15) is 0 Å². The van der Waals surface area contributed by atoms with Crippen LogP contribution in [0, 0.1) is 17.8 Å². The number of carbonyl (C=O) groups is 2. The van der Waals surface area contributed by atoms with Crippen LogP contribution in [0.4, 0.5) is 0 Å². The number of carbonyl (C=O) groups excluding carboxylic acids is 2. The van der Waals surface area contributed by atoms with Gasteiger partial charge in [-0.05, 0) is 84.5 Å². The average molecular weight is 581 g/mol. The van der Waals surface area contributed by atoms with E-state index >= 15 is 0 Å². The zero-order valence-corrected chi connectivity index (χ0v) is 24.4. The molecule has 0 unspecified atom stereocenters. The van der Waals surface area contributed by atoms with Crippen molar-refractivity contribution < 1.29 is 24.4 Å². The Balaban J connectivity index is 1.36. The Kier molecular flexibility index (Phi) is 8.22. The standard InChI is InChI=1S/C35H34BClO5/c1-2-8-24-18-28-33(35(40)27-12-7-6-11-26(27)34(28)39)29-20-36(41)42-31(32(24)29)16-14-22(21-9-4-3-5-10-21)17-23-13-15-25(38)19-30(23)37/h3-7,9-13,15,17,19,28-29,31,33,38,41H,2,8,14,16,18,20H2,1H3/b22-17-/t28-,29+,31-,33-/m1/s1. The van der Waals surface area contributed by atoms with Crippen molar-refractivity contribution in [1.82, 2.24) is 0 Å². The summed E-state index contributed by atoms with van der Waals surface area (Å²) in [6.07, 6.45) is 5.52. The molecule has 2 aliphatic carbocycles.